The van der Waals surface area contributed by atoms with Gasteiger partial charge in [-0.3, -0.25) is 0 Å². The van der Waals surface area contributed by atoms with Crippen molar-refractivity contribution in [1.82, 2.24) is 0 Å². The number of halogens is 2. The molecule has 1 saturated heterocycles. The Hall–Kier alpha value is -0.610. The molecule has 0 bridgehead atoms. The Labute approximate surface area is 110 Å². The van der Waals surface area contributed by atoms with Crippen LogP contribution in [0.25, 0.3) is 0 Å². The van der Waals surface area contributed by atoms with Gasteiger partial charge in [0.2, 0.25) is 0 Å². The first-order valence-electron chi connectivity index (χ1n) is 5.88. The van der Waals surface area contributed by atoms with Crippen LogP contribution in [0.5, 0.6) is 0 Å². The number of benzene rings is 1. The predicted molar refractivity (Wildman–Crippen MR) is 71.3 cm³/mol. The van der Waals surface area contributed by atoms with E-state index in [0.717, 1.165) is 37.2 Å². The fourth-order valence-corrected chi connectivity index (χ4v) is 2.67. The van der Waals surface area contributed by atoms with Gasteiger partial charge in [-0.05, 0) is 36.6 Å². The molecule has 0 spiro atoms. The van der Waals surface area contributed by atoms with Crippen LogP contribution >= 0.6 is 15.9 Å². The van der Waals surface area contributed by atoms with Gasteiger partial charge in [0.1, 0.15) is 5.82 Å². The van der Waals surface area contributed by atoms with Crippen molar-refractivity contribution in [2.75, 3.05) is 25.1 Å². The van der Waals surface area contributed by atoms with Crippen LogP contribution in [0.1, 0.15) is 18.4 Å². The molecule has 1 aliphatic rings. The summed E-state index contributed by atoms with van der Waals surface area (Å²) in [5, 5.41) is 0.663. The van der Waals surface area contributed by atoms with Crippen molar-refractivity contribution in [3.8, 4) is 0 Å². The molecule has 1 aromatic carbocycles. The predicted octanol–water partition coefficient (Wildman–Crippen LogP) is 3.34. The molecule has 4 heteroatoms. The molecule has 1 unspecified atom stereocenters. The van der Waals surface area contributed by atoms with E-state index in [1.807, 2.05) is 13.1 Å². The molecule has 2 nitrogen and oxygen atoms in total. The largest absolute Gasteiger partial charge is 0.376 e. The minimum absolute atomic E-state index is 0.186. The topological polar surface area (TPSA) is 12.5 Å². The fraction of sp³-hybridized carbons (Fsp3) is 0.538. The Morgan fingerprint density at radius 1 is 1.53 bits per heavy atom. The maximum absolute atomic E-state index is 13.1. The average molecular weight is 302 g/mol. The monoisotopic (exact) mass is 301 g/mol. The summed E-state index contributed by atoms with van der Waals surface area (Å²) in [6, 6.07) is 4.92. The summed E-state index contributed by atoms with van der Waals surface area (Å²) in [6.07, 6.45) is 2.58. The molecule has 1 aromatic rings. The van der Waals surface area contributed by atoms with E-state index >= 15 is 0 Å². The van der Waals surface area contributed by atoms with E-state index < -0.39 is 0 Å². The van der Waals surface area contributed by atoms with Gasteiger partial charge in [-0.2, -0.15) is 0 Å². The molecule has 2 rings (SSSR count). The molecule has 94 valence electrons. The zero-order valence-corrected chi connectivity index (χ0v) is 11.5. The number of nitrogens with zero attached hydrogens (tertiary/aromatic N) is 1. The number of rotatable bonds is 4. The molecule has 0 saturated carbocycles. The molecule has 0 amide bonds. The fourth-order valence-electron chi connectivity index (χ4n) is 2.23. The van der Waals surface area contributed by atoms with E-state index in [9.17, 15) is 4.39 Å². The second kappa shape index (κ2) is 5.83. The zero-order chi connectivity index (χ0) is 12.3. The molecule has 0 N–H and O–H groups in total. The molecule has 1 heterocycles. The van der Waals surface area contributed by atoms with Crippen LogP contribution in [-0.2, 0) is 10.1 Å². The van der Waals surface area contributed by atoms with Crippen LogP contribution in [0, 0.1) is 5.82 Å². The van der Waals surface area contributed by atoms with Crippen LogP contribution in [0.15, 0.2) is 18.2 Å². The van der Waals surface area contributed by atoms with Gasteiger partial charge in [-0.15, -0.1) is 0 Å². The van der Waals surface area contributed by atoms with Gasteiger partial charge in [0.25, 0.3) is 0 Å². The lowest BCUT2D eigenvalue weighted by Crippen LogP contribution is -2.29. The Morgan fingerprint density at radius 3 is 3.00 bits per heavy atom. The van der Waals surface area contributed by atoms with Crippen molar-refractivity contribution in [1.29, 1.82) is 0 Å². The van der Waals surface area contributed by atoms with Gasteiger partial charge in [-0.1, -0.05) is 15.9 Å². The smallest absolute Gasteiger partial charge is 0.123 e. The van der Waals surface area contributed by atoms with Crippen LogP contribution in [-0.4, -0.2) is 26.3 Å². The highest BCUT2D eigenvalue weighted by Crippen LogP contribution is 2.24. The second-order valence-corrected chi connectivity index (χ2v) is 4.98. The summed E-state index contributed by atoms with van der Waals surface area (Å²) in [4.78, 5) is 2.14. The molecule has 0 radical (unpaired) electrons. The first-order valence-corrected chi connectivity index (χ1v) is 7.00. The number of anilines is 1. The number of hydrogen-bond donors (Lipinski definition) is 0. The van der Waals surface area contributed by atoms with E-state index in [0.29, 0.717) is 11.4 Å². The number of alkyl halides is 1. The third-order valence-electron chi connectivity index (χ3n) is 3.10. The van der Waals surface area contributed by atoms with Crippen molar-refractivity contribution in [2.24, 2.45) is 0 Å². The van der Waals surface area contributed by atoms with Crippen molar-refractivity contribution in [3.63, 3.8) is 0 Å². The normalized spacial score (nSPS) is 19.6. The van der Waals surface area contributed by atoms with Crippen LogP contribution < -0.4 is 4.90 Å². The highest BCUT2D eigenvalue weighted by Gasteiger charge is 2.18. The highest BCUT2D eigenvalue weighted by atomic mass is 79.9. The van der Waals surface area contributed by atoms with E-state index in [1.54, 1.807) is 6.07 Å². The molecule has 17 heavy (non-hydrogen) atoms. The van der Waals surface area contributed by atoms with Gasteiger partial charge in [-0.25, -0.2) is 4.39 Å². The Kier molecular flexibility index (Phi) is 4.40. The van der Waals surface area contributed by atoms with Crippen molar-refractivity contribution < 1.29 is 9.13 Å². The standard InChI is InChI=1S/C13H17BrFNO/c1-16(9-12-3-2-6-17-12)13-5-4-11(15)7-10(13)8-14/h4-5,7,12H,2-3,6,8-9H2,1H3. The molecule has 1 atom stereocenters. The molecule has 0 aliphatic carbocycles. The van der Waals surface area contributed by atoms with Crippen LogP contribution in [0.2, 0.25) is 0 Å². The molecular weight excluding hydrogens is 285 g/mol. The van der Waals surface area contributed by atoms with Gasteiger partial charge in [0.05, 0.1) is 6.10 Å². The highest BCUT2D eigenvalue weighted by molar-refractivity contribution is 9.08. The Balaban J connectivity index is 2.09. The SMILES string of the molecule is CN(CC1CCCO1)c1ccc(F)cc1CBr. The Bertz CT molecular complexity index is 380. The van der Waals surface area contributed by atoms with Gasteiger partial charge < -0.3 is 9.64 Å². The van der Waals surface area contributed by atoms with E-state index in [1.165, 1.54) is 6.07 Å². The first-order chi connectivity index (χ1) is 8.20. The third kappa shape index (κ3) is 3.19. The summed E-state index contributed by atoms with van der Waals surface area (Å²) >= 11 is 3.40. The van der Waals surface area contributed by atoms with E-state index in [-0.39, 0.29) is 5.82 Å². The summed E-state index contributed by atoms with van der Waals surface area (Å²) in [5.74, 6) is -0.186. The summed E-state index contributed by atoms with van der Waals surface area (Å²) in [7, 11) is 2.03. The summed E-state index contributed by atoms with van der Waals surface area (Å²) < 4.78 is 18.8. The minimum atomic E-state index is -0.186. The second-order valence-electron chi connectivity index (χ2n) is 4.42. The lowest BCUT2D eigenvalue weighted by molar-refractivity contribution is 0.116. The molecular formula is C13H17BrFNO. The van der Waals surface area contributed by atoms with E-state index in [2.05, 4.69) is 20.8 Å². The summed E-state index contributed by atoms with van der Waals surface area (Å²) in [6.45, 7) is 1.73. The third-order valence-corrected chi connectivity index (χ3v) is 3.70. The van der Waals surface area contributed by atoms with Crippen LogP contribution in [0.4, 0.5) is 10.1 Å². The Morgan fingerprint density at radius 2 is 2.35 bits per heavy atom. The van der Waals surface area contributed by atoms with Crippen molar-refractivity contribution in [2.45, 2.75) is 24.3 Å². The minimum Gasteiger partial charge on any atom is -0.376 e. The molecule has 1 aliphatic heterocycles. The molecule has 1 fully saturated rings. The lowest BCUT2D eigenvalue weighted by Gasteiger charge is -2.24. The number of hydrogen-bond acceptors (Lipinski definition) is 2. The summed E-state index contributed by atoms with van der Waals surface area (Å²) in [5.41, 5.74) is 2.05. The number of likely N-dealkylation sites (N-methyl/N-ethyl adjacent to an activating group) is 1. The van der Waals surface area contributed by atoms with Crippen LogP contribution in [0.3, 0.4) is 0 Å². The van der Waals surface area contributed by atoms with Crippen molar-refractivity contribution in [3.05, 3.63) is 29.6 Å². The van der Waals surface area contributed by atoms with Gasteiger partial charge in [0, 0.05) is 31.2 Å². The maximum atomic E-state index is 13.1. The van der Waals surface area contributed by atoms with Gasteiger partial charge >= 0.3 is 0 Å². The molecule has 0 aromatic heterocycles. The lowest BCUT2D eigenvalue weighted by atomic mass is 10.1. The quantitative estimate of drug-likeness (QED) is 0.791. The average Bonchev–Trinajstić information content (AvgIpc) is 2.81. The maximum Gasteiger partial charge on any atom is 0.123 e. The zero-order valence-electron chi connectivity index (χ0n) is 9.96. The number of ether oxygens (including phenoxy) is 1. The van der Waals surface area contributed by atoms with E-state index in [4.69, 9.17) is 4.74 Å². The van der Waals surface area contributed by atoms with Gasteiger partial charge in [0.15, 0.2) is 0 Å². The van der Waals surface area contributed by atoms with Crippen molar-refractivity contribution >= 4 is 21.6 Å². The first kappa shape index (κ1) is 12.8.